The van der Waals surface area contributed by atoms with E-state index in [0.29, 0.717) is 5.92 Å². The molecular weight excluding hydrogens is 326 g/mol. The number of carbonyl (C=O) groups excluding carboxylic acids is 2. The monoisotopic (exact) mass is 343 g/mol. The summed E-state index contributed by atoms with van der Waals surface area (Å²) in [6.07, 6.45) is 3.13. The summed E-state index contributed by atoms with van der Waals surface area (Å²) >= 11 is 6.08. The Hall–Kier alpha value is -2.40. The van der Waals surface area contributed by atoms with E-state index in [9.17, 15) is 9.59 Å². The van der Waals surface area contributed by atoms with Gasteiger partial charge in [-0.05, 0) is 36.0 Å². The van der Waals surface area contributed by atoms with Gasteiger partial charge in [0, 0.05) is 6.20 Å². The van der Waals surface area contributed by atoms with Gasteiger partial charge in [0.2, 0.25) is 5.91 Å². The largest absolute Gasteiger partial charge is 0.366 e. The van der Waals surface area contributed by atoms with Crippen LogP contribution in [0.5, 0.6) is 0 Å². The zero-order chi connectivity index (χ0) is 17.3. The number of fused-ring (bicyclic) bond motifs is 1. The zero-order valence-corrected chi connectivity index (χ0v) is 14.0. The van der Waals surface area contributed by atoms with Gasteiger partial charge in [-0.2, -0.15) is 0 Å². The number of benzene rings is 1. The lowest BCUT2D eigenvalue weighted by Crippen LogP contribution is -2.32. The van der Waals surface area contributed by atoms with Gasteiger partial charge < -0.3 is 11.1 Å². The molecule has 0 radical (unpaired) electrons. The fourth-order valence-electron chi connectivity index (χ4n) is 3.12. The minimum atomic E-state index is -0.633. The van der Waals surface area contributed by atoms with Crippen molar-refractivity contribution >= 4 is 23.4 Å². The highest BCUT2D eigenvalue weighted by molar-refractivity contribution is 6.33. The van der Waals surface area contributed by atoms with E-state index in [1.807, 2.05) is 18.2 Å². The van der Waals surface area contributed by atoms with E-state index >= 15 is 0 Å². The quantitative estimate of drug-likeness (QED) is 0.897. The summed E-state index contributed by atoms with van der Waals surface area (Å²) in [4.78, 5) is 27.7. The number of carbonyl (C=O) groups is 2. The summed E-state index contributed by atoms with van der Waals surface area (Å²) in [5.74, 6) is -0.511. The Balaban J connectivity index is 1.83. The van der Waals surface area contributed by atoms with Crippen LogP contribution in [-0.4, -0.2) is 16.8 Å². The van der Waals surface area contributed by atoms with E-state index in [4.69, 9.17) is 17.3 Å². The Bertz CT molecular complexity index is 807. The maximum absolute atomic E-state index is 12.5. The predicted molar refractivity (Wildman–Crippen MR) is 92.1 cm³/mol. The number of halogens is 1. The first-order valence-electron chi connectivity index (χ1n) is 7.82. The third kappa shape index (κ3) is 3.12. The standard InChI is InChI=1S/C18H18ClN3O2/c1-10-6-7-15(13-5-3-2-4-12(10)13)22-18(24)16-14(19)8-11(9-21-16)17(20)23/h2-5,8-10,15H,6-7H2,1H3,(H2,20,23)(H,22,24)/t10-,15+/m1/s1. The van der Waals surface area contributed by atoms with Gasteiger partial charge in [-0.25, -0.2) is 4.98 Å². The number of pyridine rings is 1. The van der Waals surface area contributed by atoms with Gasteiger partial charge in [0.25, 0.3) is 5.91 Å². The van der Waals surface area contributed by atoms with E-state index in [0.717, 1.165) is 18.4 Å². The van der Waals surface area contributed by atoms with Crippen LogP contribution >= 0.6 is 11.6 Å². The second-order valence-corrected chi connectivity index (χ2v) is 6.46. The van der Waals surface area contributed by atoms with Gasteiger partial charge in [0.1, 0.15) is 5.69 Å². The van der Waals surface area contributed by atoms with Gasteiger partial charge in [0.15, 0.2) is 0 Å². The predicted octanol–water partition coefficient (Wildman–Crippen LogP) is 3.20. The summed E-state index contributed by atoms with van der Waals surface area (Å²) in [6, 6.07) is 9.43. The maximum atomic E-state index is 12.5. The fourth-order valence-corrected chi connectivity index (χ4v) is 3.37. The number of nitrogens with one attached hydrogen (secondary N) is 1. The SMILES string of the molecule is C[C@@H]1CC[C@H](NC(=O)c2ncc(C(N)=O)cc2Cl)c2ccccc21. The van der Waals surface area contributed by atoms with Crippen LogP contribution in [0.4, 0.5) is 0 Å². The molecule has 0 fully saturated rings. The van der Waals surface area contributed by atoms with Gasteiger partial charge >= 0.3 is 0 Å². The molecule has 0 bridgehead atoms. The lowest BCUT2D eigenvalue weighted by molar-refractivity contribution is 0.0924. The molecule has 0 saturated heterocycles. The van der Waals surface area contributed by atoms with Crippen LogP contribution in [0, 0.1) is 0 Å². The van der Waals surface area contributed by atoms with Gasteiger partial charge in [-0.1, -0.05) is 42.8 Å². The van der Waals surface area contributed by atoms with E-state index in [1.165, 1.54) is 17.8 Å². The highest BCUT2D eigenvalue weighted by Crippen LogP contribution is 2.37. The molecule has 24 heavy (non-hydrogen) atoms. The summed E-state index contributed by atoms with van der Waals surface area (Å²) in [5, 5.41) is 3.11. The van der Waals surface area contributed by atoms with E-state index in [-0.39, 0.29) is 28.2 Å². The highest BCUT2D eigenvalue weighted by atomic mass is 35.5. The van der Waals surface area contributed by atoms with Crippen LogP contribution in [0.2, 0.25) is 5.02 Å². The third-order valence-corrected chi connectivity index (χ3v) is 4.72. The van der Waals surface area contributed by atoms with Crippen molar-refractivity contribution in [3.05, 3.63) is 63.9 Å². The molecule has 1 aliphatic carbocycles. The van der Waals surface area contributed by atoms with E-state index < -0.39 is 5.91 Å². The number of hydrogen-bond donors (Lipinski definition) is 2. The first kappa shape index (κ1) is 16.5. The number of rotatable bonds is 3. The fraction of sp³-hybridized carbons (Fsp3) is 0.278. The zero-order valence-electron chi connectivity index (χ0n) is 13.3. The van der Waals surface area contributed by atoms with Crippen molar-refractivity contribution in [2.75, 3.05) is 0 Å². The molecule has 6 heteroatoms. The van der Waals surface area contributed by atoms with Crippen LogP contribution in [0.3, 0.4) is 0 Å². The van der Waals surface area contributed by atoms with Crippen molar-refractivity contribution in [2.24, 2.45) is 5.73 Å². The molecule has 1 aliphatic rings. The molecule has 0 spiro atoms. The van der Waals surface area contributed by atoms with Gasteiger partial charge in [-0.3, -0.25) is 9.59 Å². The number of aromatic nitrogens is 1. The Labute approximate surface area is 145 Å². The average molecular weight is 344 g/mol. The second-order valence-electron chi connectivity index (χ2n) is 6.05. The smallest absolute Gasteiger partial charge is 0.271 e. The lowest BCUT2D eigenvalue weighted by atomic mass is 9.81. The molecule has 1 heterocycles. The summed E-state index contributed by atoms with van der Waals surface area (Å²) in [6.45, 7) is 2.19. The van der Waals surface area contributed by atoms with Crippen molar-refractivity contribution in [3.8, 4) is 0 Å². The summed E-state index contributed by atoms with van der Waals surface area (Å²) in [7, 11) is 0. The Kier molecular flexibility index (Phi) is 4.53. The number of nitrogens with two attached hydrogens (primary N) is 1. The molecule has 1 aromatic carbocycles. The number of amides is 2. The van der Waals surface area contributed by atoms with Gasteiger partial charge in [0.05, 0.1) is 16.6 Å². The van der Waals surface area contributed by atoms with E-state index in [1.54, 1.807) is 0 Å². The summed E-state index contributed by atoms with van der Waals surface area (Å²) in [5.41, 5.74) is 7.85. The average Bonchev–Trinajstić information content (AvgIpc) is 2.57. The Morgan fingerprint density at radius 2 is 1.96 bits per heavy atom. The highest BCUT2D eigenvalue weighted by Gasteiger charge is 2.26. The van der Waals surface area contributed by atoms with Crippen molar-refractivity contribution in [3.63, 3.8) is 0 Å². The second kappa shape index (κ2) is 6.61. The molecular formula is C18H18ClN3O2. The molecule has 5 nitrogen and oxygen atoms in total. The topological polar surface area (TPSA) is 85.1 Å². The first-order valence-corrected chi connectivity index (χ1v) is 8.20. The van der Waals surface area contributed by atoms with E-state index in [2.05, 4.69) is 23.3 Å². The van der Waals surface area contributed by atoms with Crippen LogP contribution < -0.4 is 11.1 Å². The van der Waals surface area contributed by atoms with Crippen LogP contribution in [0.25, 0.3) is 0 Å². The Morgan fingerprint density at radius 1 is 1.25 bits per heavy atom. The Morgan fingerprint density at radius 3 is 2.62 bits per heavy atom. The molecule has 2 aromatic rings. The maximum Gasteiger partial charge on any atom is 0.271 e. The minimum Gasteiger partial charge on any atom is -0.366 e. The molecule has 3 N–H and O–H groups in total. The molecule has 124 valence electrons. The summed E-state index contributed by atoms with van der Waals surface area (Å²) < 4.78 is 0. The number of nitrogens with zero attached hydrogens (tertiary/aromatic N) is 1. The van der Waals surface area contributed by atoms with Crippen LogP contribution in [0.15, 0.2) is 36.5 Å². The molecule has 0 aliphatic heterocycles. The molecule has 0 saturated carbocycles. The van der Waals surface area contributed by atoms with Crippen molar-refractivity contribution in [1.82, 2.24) is 10.3 Å². The molecule has 3 rings (SSSR count). The molecule has 0 unspecified atom stereocenters. The minimum absolute atomic E-state index is 0.0708. The molecule has 1 aromatic heterocycles. The third-order valence-electron chi connectivity index (χ3n) is 4.44. The van der Waals surface area contributed by atoms with Crippen LogP contribution in [-0.2, 0) is 0 Å². The molecule has 2 atom stereocenters. The number of primary amides is 1. The molecule has 2 amide bonds. The van der Waals surface area contributed by atoms with Crippen molar-refractivity contribution in [2.45, 2.75) is 31.7 Å². The number of hydrogen-bond acceptors (Lipinski definition) is 3. The van der Waals surface area contributed by atoms with Crippen molar-refractivity contribution < 1.29 is 9.59 Å². The normalized spacial score (nSPS) is 19.4. The van der Waals surface area contributed by atoms with Crippen molar-refractivity contribution in [1.29, 1.82) is 0 Å². The van der Waals surface area contributed by atoms with Gasteiger partial charge in [-0.15, -0.1) is 0 Å². The first-order chi connectivity index (χ1) is 11.5. The lowest BCUT2D eigenvalue weighted by Gasteiger charge is -2.30. The van der Waals surface area contributed by atoms with Crippen LogP contribution in [0.1, 0.15) is 63.7 Å².